The zero-order chi connectivity index (χ0) is 21.8. The molecule has 0 spiro atoms. The lowest BCUT2D eigenvalue weighted by molar-refractivity contribution is -0.144. The predicted octanol–water partition coefficient (Wildman–Crippen LogP) is 5.86. The summed E-state index contributed by atoms with van der Waals surface area (Å²) in [6, 6.07) is 6.45. The summed E-state index contributed by atoms with van der Waals surface area (Å²) >= 11 is 6.65. The number of benzene rings is 1. The van der Waals surface area contributed by atoms with E-state index < -0.39 is 5.92 Å². The molecule has 2 bridgehead atoms. The standard InChI is InChI=1S/C23H25ClF3N3O/c24-21-20(14-1-3-16(25)4-2-14)28-13-29(21)19-11-17-5-6-18(12-19)30(17)22(31)15-7-9-23(26,27)10-8-15/h1-4,13,15,17-19H,5-12H2. The zero-order valence-corrected chi connectivity index (χ0v) is 17.9. The molecule has 2 aromatic rings. The topological polar surface area (TPSA) is 38.1 Å². The van der Waals surface area contributed by atoms with Crippen molar-refractivity contribution in [1.29, 1.82) is 0 Å². The number of hydrogen-bond acceptors (Lipinski definition) is 2. The number of nitrogens with zero attached hydrogens (tertiary/aromatic N) is 3. The van der Waals surface area contributed by atoms with Gasteiger partial charge in [-0.25, -0.2) is 18.2 Å². The van der Waals surface area contributed by atoms with Gasteiger partial charge in [0.05, 0.1) is 6.33 Å². The Bertz CT molecular complexity index is 953. The predicted molar refractivity (Wildman–Crippen MR) is 111 cm³/mol. The van der Waals surface area contributed by atoms with E-state index in [-0.39, 0.29) is 61.5 Å². The molecule has 1 aliphatic carbocycles. The Morgan fingerprint density at radius 1 is 1.00 bits per heavy atom. The summed E-state index contributed by atoms with van der Waals surface area (Å²) < 4.78 is 42.2. The lowest BCUT2D eigenvalue weighted by atomic mass is 9.84. The van der Waals surface area contributed by atoms with Gasteiger partial charge in [0.2, 0.25) is 11.8 Å². The van der Waals surface area contributed by atoms with E-state index in [9.17, 15) is 18.0 Å². The van der Waals surface area contributed by atoms with Gasteiger partial charge in [-0.2, -0.15) is 0 Å². The number of alkyl halides is 2. The van der Waals surface area contributed by atoms with E-state index in [1.54, 1.807) is 18.5 Å². The first-order chi connectivity index (χ1) is 14.8. The Morgan fingerprint density at radius 3 is 2.23 bits per heavy atom. The highest BCUT2D eigenvalue weighted by Gasteiger charge is 2.47. The number of carbonyl (C=O) groups is 1. The average molecular weight is 452 g/mol. The Kier molecular flexibility index (Phi) is 5.27. The molecule has 1 aromatic heterocycles. The summed E-state index contributed by atoms with van der Waals surface area (Å²) in [5, 5.41) is 0.519. The third-order valence-corrected chi connectivity index (χ3v) is 7.65. The maximum Gasteiger partial charge on any atom is 0.248 e. The highest BCUT2D eigenvalue weighted by atomic mass is 35.5. The van der Waals surface area contributed by atoms with E-state index in [2.05, 4.69) is 4.98 Å². The lowest BCUT2D eigenvalue weighted by Crippen LogP contribution is -2.50. The fourth-order valence-electron chi connectivity index (χ4n) is 5.64. The molecule has 0 radical (unpaired) electrons. The minimum Gasteiger partial charge on any atom is -0.336 e. The SMILES string of the molecule is O=C(C1CCC(F)(F)CC1)N1C2CCC1CC(n1cnc(-c3ccc(F)cc3)c1Cl)C2. The molecule has 0 N–H and O–H groups in total. The number of amides is 1. The van der Waals surface area contributed by atoms with Crippen LogP contribution >= 0.6 is 11.6 Å². The van der Waals surface area contributed by atoms with Crippen molar-refractivity contribution in [3.05, 3.63) is 41.6 Å². The number of hydrogen-bond donors (Lipinski definition) is 0. The van der Waals surface area contributed by atoms with E-state index in [1.165, 1.54) is 12.1 Å². The van der Waals surface area contributed by atoms with Crippen molar-refractivity contribution in [2.75, 3.05) is 0 Å². The van der Waals surface area contributed by atoms with E-state index in [4.69, 9.17) is 11.6 Å². The Balaban J connectivity index is 1.30. The third-order valence-electron chi connectivity index (χ3n) is 7.27. The van der Waals surface area contributed by atoms with Crippen LogP contribution in [0.15, 0.2) is 30.6 Å². The molecule has 1 aromatic carbocycles. The zero-order valence-electron chi connectivity index (χ0n) is 17.1. The second kappa shape index (κ2) is 7.84. The minimum atomic E-state index is -2.62. The molecule has 8 heteroatoms. The maximum absolute atomic E-state index is 13.5. The number of aromatic nitrogens is 2. The largest absolute Gasteiger partial charge is 0.336 e. The van der Waals surface area contributed by atoms with Crippen LogP contribution in [-0.2, 0) is 4.79 Å². The summed E-state index contributed by atoms with van der Waals surface area (Å²) in [4.78, 5) is 19.6. The molecular weight excluding hydrogens is 427 g/mol. The molecule has 2 unspecified atom stereocenters. The fourth-order valence-corrected chi connectivity index (χ4v) is 5.97. The van der Waals surface area contributed by atoms with Gasteiger partial charge in [0.15, 0.2) is 0 Å². The van der Waals surface area contributed by atoms with Crippen molar-refractivity contribution < 1.29 is 18.0 Å². The van der Waals surface area contributed by atoms with Gasteiger partial charge >= 0.3 is 0 Å². The van der Waals surface area contributed by atoms with Crippen LogP contribution in [0, 0.1) is 11.7 Å². The van der Waals surface area contributed by atoms with Gasteiger partial charge in [-0.1, -0.05) is 11.6 Å². The Labute approximate surface area is 184 Å². The lowest BCUT2D eigenvalue weighted by Gasteiger charge is -2.42. The third kappa shape index (κ3) is 3.86. The van der Waals surface area contributed by atoms with Crippen molar-refractivity contribution in [3.63, 3.8) is 0 Å². The number of halogens is 4. The molecule has 3 heterocycles. The van der Waals surface area contributed by atoms with Gasteiger partial charge in [0.1, 0.15) is 16.7 Å². The van der Waals surface area contributed by atoms with Gasteiger partial charge in [-0.05, 0) is 62.8 Å². The molecule has 1 amide bonds. The summed E-state index contributed by atoms with van der Waals surface area (Å²) in [6.07, 6.45) is 5.34. The number of carbonyl (C=O) groups excluding carboxylic acids is 1. The normalized spacial score (nSPS) is 28.1. The molecular formula is C23H25ClF3N3O. The number of rotatable bonds is 3. The smallest absolute Gasteiger partial charge is 0.248 e. The Morgan fingerprint density at radius 2 is 1.61 bits per heavy atom. The highest BCUT2D eigenvalue weighted by molar-refractivity contribution is 6.32. The van der Waals surface area contributed by atoms with Crippen LogP contribution in [0.25, 0.3) is 11.3 Å². The molecule has 1 saturated carbocycles. The molecule has 3 fully saturated rings. The molecule has 166 valence electrons. The van der Waals surface area contributed by atoms with Crippen LogP contribution < -0.4 is 0 Å². The first kappa shape index (κ1) is 20.9. The number of piperidine rings is 1. The fraction of sp³-hybridized carbons (Fsp3) is 0.565. The number of fused-ring (bicyclic) bond motifs is 2. The van der Waals surface area contributed by atoms with Crippen LogP contribution in [0.5, 0.6) is 0 Å². The van der Waals surface area contributed by atoms with Crippen molar-refractivity contribution in [2.24, 2.45) is 5.92 Å². The average Bonchev–Trinajstić information content (AvgIpc) is 3.25. The second-order valence-corrected chi connectivity index (χ2v) is 9.54. The van der Waals surface area contributed by atoms with Crippen LogP contribution in [0.3, 0.4) is 0 Å². The molecule has 5 rings (SSSR count). The molecule has 2 atom stereocenters. The Hall–Kier alpha value is -2.02. The second-order valence-electron chi connectivity index (χ2n) is 9.18. The van der Waals surface area contributed by atoms with Gasteiger partial charge in [-0.15, -0.1) is 0 Å². The van der Waals surface area contributed by atoms with Gasteiger partial charge in [-0.3, -0.25) is 4.79 Å². The van der Waals surface area contributed by atoms with Crippen LogP contribution in [0.4, 0.5) is 13.2 Å². The van der Waals surface area contributed by atoms with Crippen molar-refractivity contribution in [2.45, 2.75) is 75.4 Å². The van der Waals surface area contributed by atoms with Crippen LogP contribution in [-0.4, -0.2) is 38.4 Å². The van der Waals surface area contributed by atoms with Crippen LogP contribution in [0.2, 0.25) is 5.15 Å². The molecule has 31 heavy (non-hydrogen) atoms. The van der Waals surface area contributed by atoms with E-state index >= 15 is 0 Å². The van der Waals surface area contributed by atoms with E-state index in [0.29, 0.717) is 10.8 Å². The number of imidazole rings is 1. The highest BCUT2D eigenvalue weighted by Crippen LogP contribution is 2.45. The van der Waals surface area contributed by atoms with Crippen molar-refractivity contribution >= 4 is 17.5 Å². The first-order valence-corrected chi connectivity index (χ1v) is 11.4. The van der Waals surface area contributed by atoms with Crippen molar-refractivity contribution in [1.82, 2.24) is 14.5 Å². The molecule has 2 saturated heterocycles. The maximum atomic E-state index is 13.5. The van der Waals surface area contributed by atoms with Gasteiger partial charge in [0.25, 0.3) is 0 Å². The summed E-state index contributed by atoms with van der Waals surface area (Å²) in [7, 11) is 0. The van der Waals surface area contributed by atoms with Gasteiger partial charge < -0.3 is 9.47 Å². The van der Waals surface area contributed by atoms with Gasteiger partial charge in [0, 0.05) is 42.4 Å². The van der Waals surface area contributed by atoms with E-state index in [0.717, 1.165) is 31.2 Å². The summed E-state index contributed by atoms with van der Waals surface area (Å²) in [6.45, 7) is 0. The molecule has 3 aliphatic rings. The van der Waals surface area contributed by atoms with Crippen molar-refractivity contribution in [3.8, 4) is 11.3 Å². The summed E-state index contributed by atoms with van der Waals surface area (Å²) in [5.41, 5.74) is 1.38. The van der Waals surface area contributed by atoms with E-state index in [1.807, 2.05) is 9.47 Å². The molecule has 4 nitrogen and oxygen atoms in total. The minimum absolute atomic E-state index is 0.0604. The first-order valence-electron chi connectivity index (χ1n) is 11.0. The summed E-state index contributed by atoms with van der Waals surface area (Å²) in [5.74, 6) is -3.15. The monoisotopic (exact) mass is 451 g/mol. The molecule has 2 aliphatic heterocycles. The van der Waals surface area contributed by atoms with Crippen LogP contribution in [0.1, 0.15) is 57.4 Å². The quantitative estimate of drug-likeness (QED) is 0.586.